The molecule has 1 aliphatic heterocycles. The zero-order valence-electron chi connectivity index (χ0n) is 13.7. The average molecular weight is 321 g/mol. The van der Waals surface area contributed by atoms with E-state index in [9.17, 15) is 9.90 Å². The third-order valence-corrected chi connectivity index (χ3v) is 5.08. The van der Waals surface area contributed by atoms with Crippen molar-refractivity contribution in [3.05, 3.63) is 71.4 Å². The molecule has 2 atom stereocenters. The van der Waals surface area contributed by atoms with Crippen molar-refractivity contribution in [2.75, 3.05) is 7.11 Å². The van der Waals surface area contributed by atoms with Gasteiger partial charge in [-0.3, -0.25) is 0 Å². The normalized spacial score (nSPS) is 22.5. The van der Waals surface area contributed by atoms with Crippen molar-refractivity contribution in [1.29, 1.82) is 0 Å². The number of esters is 1. The third kappa shape index (κ3) is 1.86. The predicted molar refractivity (Wildman–Crippen MR) is 91.8 cm³/mol. The molecule has 4 heteroatoms. The summed E-state index contributed by atoms with van der Waals surface area (Å²) >= 11 is 0. The molecule has 1 aliphatic rings. The lowest BCUT2D eigenvalue weighted by atomic mass is 9.89. The van der Waals surface area contributed by atoms with Gasteiger partial charge in [-0.05, 0) is 24.1 Å². The molecule has 0 fully saturated rings. The number of aromatic nitrogens is 1. The van der Waals surface area contributed by atoms with Crippen LogP contribution >= 0.6 is 0 Å². The second-order valence-electron chi connectivity index (χ2n) is 6.34. The maximum Gasteiger partial charge on any atom is 0.359 e. The number of benzene rings is 2. The second-order valence-corrected chi connectivity index (χ2v) is 6.34. The number of nitrogens with zero attached hydrogens (tertiary/aromatic N) is 1. The van der Waals surface area contributed by atoms with Crippen molar-refractivity contribution in [1.82, 2.24) is 4.57 Å². The topological polar surface area (TPSA) is 51.5 Å². The molecule has 0 saturated heterocycles. The van der Waals surface area contributed by atoms with Crippen LogP contribution in [0.1, 0.15) is 29.2 Å². The predicted octanol–water partition coefficient (Wildman–Crippen LogP) is 3.30. The van der Waals surface area contributed by atoms with E-state index in [1.165, 1.54) is 7.11 Å². The fourth-order valence-corrected chi connectivity index (χ4v) is 4.01. The number of methoxy groups -OCH3 is 1. The number of carbonyl (C=O) groups excluding carboxylic acids is 1. The van der Waals surface area contributed by atoms with Crippen LogP contribution in [0.3, 0.4) is 0 Å². The molecule has 0 bridgehead atoms. The van der Waals surface area contributed by atoms with Crippen molar-refractivity contribution in [2.45, 2.75) is 25.0 Å². The number of hydrogen-bond acceptors (Lipinski definition) is 3. The van der Waals surface area contributed by atoms with Crippen LogP contribution in [0.25, 0.3) is 10.9 Å². The Morgan fingerprint density at radius 2 is 1.83 bits per heavy atom. The Kier molecular flexibility index (Phi) is 3.25. The number of ether oxygens (including phenoxy) is 1. The first-order chi connectivity index (χ1) is 11.6. The van der Waals surface area contributed by atoms with Crippen molar-refractivity contribution in [2.24, 2.45) is 0 Å². The molecule has 4 nitrogen and oxygen atoms in total. The maximum atomic E-state index is 12.4. The van der Waals surface area contributed by atoms with Gasteiger partial charge in [0.1, 0.15) is 0 Å². The number of rotatable bonds is 2. The van der Waals surface area contributed by atoms with Crippen molar-refractivity contribution in [3.63, 3.8) is 0 Å². The molecule has 122 valence electrons. The van der Waals surface area contributed by atoms with E-state index >= 15 is 0 Å². The zero-order valence-corrected chi connectivity index (χ0v) is 13.7. The molecule has 2 aromatic carbocycles. The van der Waals surface area contributed by atoms with E-state index in [-0.39, 0.29) is 12.3 Å². The first-order valence-electron chi connectivity index (χ1n) is 8.04. The summed E-state index contributed by atoms with van der Waals surface area (Å²) in [6.45, 7) is 2.05. The quantitative estimate of drug-likeness (QED) is 0.737. The van der Waals surface area contributed by atoms with Crippen LogP contribution in [-0.2, 0) is 15.3 Å². The van der Waals surface area contributed by atoms with E-state index in [1.807, 2.05) is 61.5 Å². The van der Waals surface area contributed by atoms with Gasteiger partial charge in [0.25, 0.3) is 0 Å². The van der Waals surface area contributed by atoms with Crippen LogP contribution in [0.2, 0.25) is 0 Å². The molecule has 0 amide bonds. The van der Waals surface area contributed by atoms with Gasteiger partial charge in [0.05, 0.1) is 12.6 Å². The Bertz CT molecular complexity index is 929. The molecule has 1 N–H and O–H groups in total. The van der Waals surface area contributed by atoms with Crippen molar-refractivity contribution < 1.29 is 14.6 Å². The summed E-state index contributed by atoms with van der Waals surface area (Å²) in [6, 6.07) is 17.9. The van der Waals surface area contributed by atoms with Gasteiger partial charge in [0, 0.05) is 23.4 Å². The number of fused-ring (bicyclic) bond motifs is 3. The molecule has 4 rings (SSSR count). The standard InChI is InChI=1S/C20H19NO3/c1-13-15-10-6-7-11-17(15)21-18(13)16(14-8-4-3-5-9-14)12-20(21,23)19(22)24-2/h3-11,16,23H,12H2,1-2H3/t16-,20+/m0/s1. The Morgan fingerprint density at radius 1 is 1.17 bits per heavy atom. The minimum absolute atomic E-state index is 0.0531. The smallest absolute Gasteiger partial charge is 0.359 e. The molecule has 2 heterocycles. The number of para-hydroxylation sites is 1. The number of aryl methyl sites for hydroxylation is 1. The van der Waals surface area contributed by atoms with Gasteiger partial charge in [-0.1, -0.05) is 48.5 Å². The van der Waals surface area contributed by atoms with Crippen LogP contribution < -0.4 is 0 Å². The summed E-state index contributed by atoms with van der Waals surface area (Å²) in [5, 5.41) is 12.3. The van der Waals surface area contributed by atoms with E-state index in [1.54, 1.807) is 4.57 Å². The number of carbonyl (C=O) groups is 1. The highest BCUT2D eigenvalue weighted by Crippen LogP contribution is 2.48. The first kappa shape index (κ1) is 15.0. The van der Waals surface area contributed by atoms with Gasteiger partial charge >= 0.3 is 5.97 Å². The fourth-order valence-electron chi connectivity index (χ4n) is 4.01. The summed E-state index contributed by atoms with van der Waals surface area (Å²) in [6.07, 6.45) is 0.282. The molecule has 0 saturated carbocycles. The zero-order chi connectivity index (χ0) is 16.9. The minimum atomic E-state index is -1.68. The third-order valence-electron chi connectivity index (χ3n) is 5.08. The van der Waals surface area contributed by atoms with E-state index < -0.39 is 11.7 Å². The molecular formula is C20H19NO3. The molecule has 0 radical (unpaired) electrons. The van der Waals surface area contributed by atoms with Crippen LogP contribution in [0, 0.1) is 6.92 Å². The van der Waals surface area contributed by atoms with E-state index in [0.29, 0.717) is 0 Å². The monoisotopic (exact) mass is 321 g/mol. The van der Waals surface area contributed by atoms with Crippen LogP contribution in [0.15, 0.2) is 54.6 Å². The van der Waals surface area contributed by atoms with Crippen molar-refractivity contribution in [3.8, 4) is 0 Å². The van der Waals surface area contributed by atoms with Crippen LogP contribution in [0.5, 0.6) is 0 Å². The SMILES string of the molecule is COC(=O)[C@]1(O)C[C@@H](c2ccccc2)c2c(C)c3ccccc3n21. The minimum Gasteiger partial charge on any atom is -0.465 e. The summed E-state index contributed by atoms with van der Waals surface area (Å²) in [5.74, 6) is -0.675. The van der Waals surface area contributed by atoms with Crippen LogP contribution in [0.4, 0.5) is 0 Å². The van der Waals surface area contributed by atoms with Gasteiger partial charge in [-0.25, -0.2) is 4.79 Å². The number of hydrogen-bond donors (Lipinski definition) is 1. The molecular weight excluding hydrogens is 302 g/mol. The lowest BCUT2D eigenvalue weighted by Crippen LogP contribution is -2.40. The Morgan fingerprint density at radius 3 is 2.54 bits per heavy atom. The maximum absolute atomic E-state index is 12.4. The highest BCUT2D eigenvalue weighted by molar-refractivity contribution is 5.90. The van der Waals surface area contributed by atoms with E-state index in [4.69, 9.17) is 4.74 Å². The summed E-state index contributed by atoms with van der Waals surface area (Å²) in [5.41, 5.74) is 2.34. The Balaban J connectivity index is 2.04. The highest BCUT2D eigenvalue weighted by atomic mass is 16.5. The van der Waals surface area contributed by atoms with E-state index in [2.05, 4.69) is 0 Å². The van der Waals surface area contributed by atoms with Gasteiger partial charge in [-0.15, -0.1) is 0 Å². The van der Waals surface area contributed by atoms with Gasteiger partial charge in [0.15, 0.2) is 0 Å². The molecule has 0 unspecified atom stereocenters. The molecule has 0 aliphatic carbocycles. The van der Waals surface area contributed by atoms with Gasteiger partial charge in [-0.2, -0.15) is 0 Å². The highest BCUT2D eigenvalue weighted by Gasteiger charge is 2.51. The lowest BCUT2D eigenvalue weighted by molar-refractivity contribution is -0.172. The average Bonchev–Trinajstić information content (AvgIpc) is 3.11. The summed E-state index contributed by atoms with van der Waals surface area (Å²) in [4.78, 5) is 12.4. The summed E-state index contributed by atoms with van der Waals surface area (Å²) in [7, 11) is 1.31. The van der Waals surface area contributed by atoms with Crippen LogP contribution in [-0.4, -0.2) is 22.8 Å². The first-order valence-corrected chi connectivity index (χ1v) is 8.04. The number of aliphatic hydroxyl groups is 1. The second kappa shape index (κ2) is 5.21. The summed E-state index contributed by atoms with van der Waals surface area (Å²) < 4.78 is 6.69. The van der Waals surface area contributed by atoms with E-state index in [0.717, 1.165) is 27.7 Å². The largest absolute Gasteiger partial charge is 0.465 e. The fraction of sp³-hybridized carbons (Fsp3) is 0.250. The lowest BCUT2D eigenvalue weighted by Gasteiger charge is -2.23. The molecule has 3 aromatic rings. The Labute approximate surface area is 140 Å². The van der Waals surface area contributed by atoms with Gasteiger partial charge in [0.2, 0.25) is 5.72 Å². The van der Waals surface area contributed by atoms with Crippen molar-refractivity contribution >= 4 is 16.9 Å². The molecule has 0 spiro atoms. The van der Waals surface area contributed by atoms with Gasteiger partial charge < -0.3 is 14.4 Å². The molecule has 1 aromatic heterocycles. The Hall–Kier alpha value is -2.59. The molecule has 24 heavy (non-hydrogen) atoms.